The second-order valence-corrected chi connectivity index (χ2v) is 5.28. The normalized spacial score (nSPS) is 15.2. The molecule has 1 aliphatic heterocycles. The molecule has 0 aromatic carbocycles. The molecule has 0 unspecified atom stereocenters. The molecule has 0 radical (unpaired) electrons. The molecule has 112 valence electrons. The van der Waals surface area contributed by atoms with Crippen molar-refractivity contribution in [2.75, 3.05) is 27.3 Å². The van der Waals surface area contributed by atoms with Crippen LogP contribution in [0.1, 0.15) is 20.8 Å². The number of hydrogen-bond acceptors (Lipinski definition) is 6. The molecule has 1 aliphatic rings. The first-order chi connectivity index (χ1) is 9.19. The molecule has 0 fully saturated rings. The van der Waals surface area contributed by atoms with Crippen LogP contribution in [0.2, 0.25) is 0 Å². The molecule has 20 heavy (non-hydrogen) atoms. The van der Waals surface area contributed by atoms with Gasteiger partial charge in [-0.05, 0) is 20.8 Å². The Morgan fingerprint density at radius 1 is 0.950 bits per heavy atom. The van der Waals surface area contributed by atoms with Crippen LogP contribution >= 0.6 is 0 Å². The first-order valence-corrected chi connectivity index (χ1v) is 6.06. The highest BCUT2D eigenvalue weighted by atomic mass is 16.6. The van der Waals surface area contributed by atoms with Crippen molar-refractivity contribution in [3.8, 4) is 0 Å². The molecule has 7 nitrogen and oxygen atoms in total. The van der Waals surface area contributed by atoms with Gasteiger partial charge < -0.3 is 14.2 Å². The highest BCUT2D eigenvalue weighted by Crippen LogP contribution is 2.22. The lowest BCUT2D eigenvalue weighted by atomic mass is 10.1. The number of carbonyl (C=O) groups excluding carboxylic acids is 3. The van der Waals surface area contributed by atoms with Gasteiger partial charge in [-0.15, -0.1) is 0 Å². The Bertz CT molecular complexity index is 432. The summed E-state index contributed by atoms with van der Waals surface area (Å²) in [6.45, 7) is 5.13. The van der Waals surface area contributed by atoms with Gasteiger partial charge in [0, 0.05) is 0 Å². The number of carbonyl (C=O) groups is 3. The van der Waals surface area contributed by atoms with Gasteiger partial charge in [0.2, 0.25) is 0 Å². The molecule has 1 rings (SSSR count). The van der Waals surface area contributed by atoms with Gasteiger partial charge >= 0.3 is 18.0 Å². The van der Waals surface area contributed by atoms with Gasteiger partial charge in [-0.2, -0.15) is 0 Å². The molecule has 1 heterocycles. The maximum Gasteiger partial charge on any atom is 0.410 e. The van der Waals surface area contributed by atoms with E-state index in [1.165, 1.54) is 19.1 Å². The summed E-state index contributed by atoms with van der Waals surface area (Å²) in [6, 6.07) is 0. The third kappa shape index (κ3) is 3.72. The van der Waals surface area contributed by atoms with Crippen LogP contribution in [0.3, 0.4) is 0 Å². The lowest BCUT2D eigenvalue weighted by Gasteiger charge is -2.24. The zero-order valence-corrected chi connectivity index (χ0v) is 12.3. The van der Waals surface area contributed by atoms with E-state index in [-0.39, 0.29) is 24.2 Å². The van der Waals surface area contributed by atoms with Gasteiger partial charge in [-0.1, -0.05) is 0 Å². The van der Waals surface area contributed by atoms with Gasteiger partial charge in [0.05, 0.1) is 38.5 Å². The van der Waals surface area contributed by atoms with E-state index in [0.717, 1.165) is 0 Å². The lowest BCUT2D eigenvalue weighted by molar-refractivity contribution is -0.139. The van der Waals surface area contributed by atoms with Crippen molar-refractivity contribution in [2.24, 2.45) is 0 Å². The quantitative estimate of drug-likeness (QED) is 0.553. The Balaban J connectivity index is 2.89. The monoisotopic (exact) mass is 285 g/mol. The van der Waals surface area contributed by atoms with Crippen LogP contribution in [0, 0.1) is 0 Å². The summed E-state index contributed by atoms with van der Waals surface area (Å²) in [5.74, 6) is -1.31. The number of methoxy groups -OCH3 is 2. The number of nitrogens with zero attached hydrogens (tertiary/aromatic N) is 1. The van der Waals surface area contributed by atoms with E-state index in [2.05, 4.69) is 9.47 Å². The Hall–Kier alpha value is -2.05. The number of esters is 2. The van der Waals surface area contributed by atoms with E-state index in [0.29, 0.717) is 0 Å². The van der Waals surface area contributed by atoms with E-state index in [9.17, 15) is 14.4 Å². The van der Waals surface area contributed by atoms with Gasteiger partial charge in [-0.3, -0.25) is 4.90 Å². The van der Waals surface area contributed by atoms with Crippen molar-refractivity contribution in [2.45, 2.75) is 26.4 Å². The summed E-state index contributed by atoms with van der Waals surface area (Å²) in [7, 11) is 2.42. The predicted molar refractivity (Wildman–Crippen MR) is 68.9 cm³/mol. The molecule has 0 atom stereocenters. The molecule has 7 heteroatoms. The van der Waals surface area contributed by atoms with Crippen molar-refractivity contribution in [3.63, 3.8) is 0 Å². The Morgan fingerprint density at radius 2 is 1.35 bits per heavy atom. The zero-order chi connectivity index (χ0) is 15.5. The summed E-state index contributed by atoms with van der Waals surface area (Å²) >= 11 is 0. The number of ether oxygens (including phenoxy) is 3. The smallest absolute Gasteiger partial charge is 0.410 e. The van der Waals surface area contributed by atoms with Crippen molar-refractivity contribution in [3.05, 3.63) is 11.1 Å². The standard InChI is InChI=1S/C13H19NO6/c1-13(2,3)20-12(17)14-6-8(10(15)18-4)9(7-14)11(16)19-5/h6-7H2,1-5H3. The van der Waals surface area contributed by atoms with Gasteiger partial charge in [0.1, 0.15) is 5.60 Å². The second kappa shape index (κ2) is 5.94. The first kappa shape index (κ1) is 16.0. The van der Waals surface area contributed by atoms with E-state index >= 15 is 0 Å². The minimum atomic E-state index is -0.656. The third-order valence-electron chi connectivity index (χ3n) is 2.58. The van der Waals surface area contributed by atoms with Crippen LogP contribution in [0.25, 0.3) is 0 Å². The summed E-state index contributed by atoms with van der Waals surface area (Å²) in [5.41, 5.74) is -0.424. The van der Waals surface area contributed by atoms with Crippen molar-refractivity contribution in [1.29, 1.82) is 0 Å². The maximum atomic E-state index is 11.9. The largest absolute Gasteiger partial charge is 0.466 e. The van der Waals surface area contributed by atoms with Crippen LogP contribution < -0.4 is 0 Å². The van der Waals surface area contributed by atoms with Crippen molar-refractivity contribution >= 4 is 18.0 Å². The Labute approximate surface area is 117 Å². The number of rotatable bonds is 2. The molecule has 0 aromatic rings. The summed E-state index contributed by atoms with van der Waals surface area (Å²) in [4.78, 5) is 36.5. The summed E-state index contributed by atoms with van der Waals surface area (Å²) in [6.07, 6.45) is -0.599. The molecular formula is C13H19NO6. The van der Waals surface area contributed by atoms with Crippen LogP contribution in [0.5, 0.6) is 0 Å². The lowest BCUT2D eigenvalue weighted by Crippen LogP contribution is -2.36. The SMILES string of the molecule is COC(=O)C1=C(C(=O)OC)CN(C(=O)OC(C)(C)C)C1. The highest BCUT2D eigenvalue weighted by Gasteiger charge is 2.36. The maximum absolute atomic E-state index is 11.9. The third-order valence-corrected chi connectivity index (χ3v) is 2.58. The molecule has 0 spiro atoms. The molecule has 0 bridgehead atoms. The summed E-state index contributed by atoms with van der Waals surface area (Å²) in [5, 5.41) is 0. The van der Waals surface area contributed by atoms with Gasteiger partial charge in [-0.25, -0.2) is 14.4 Å². The predicted octanol–water partition coefficient (Wildman–Crippen LogP) is 0.880. The molecular weight excluding hydrogens is 266 g/mol. The van der Waals surface area contributed by atoms with E-state index < -0.39 is 23.6 Å². The fourth-order valence-electron chi connectivity index (χ4n) is 1.71. The number of hydrogen-bond donors (Lipinski definition) is 0. The van der Waals surface area contributed by atoms with E-state index in [1.54, 1.807) is 20.8 Å². The van der Waals surface area contributed by atoms with E-state index in [1.807, 2.05) is 0 Å². The van der Waals surface area contributed by atoms with Crippen molar-refractivity contribution < 1.29 is 28.6 Å². The van der Waals surface area contributed by atoms with Gasteiger partial charge in [0.25, 0.3) is 0 Å². The number of amides is 1. The second-order valence-electron chi connectivity index (χ2n) is 5.28. The van der Waals surface area contributed by atoms with Gasteiger partial charge in [0.15, 0.2) is 0 Å². The van der Waals surface area contributed by atoms with Crippen LogP contribution in [0.15, 0.2) is 11.1 Å². The molecule has 0 aromatic heterocycles. The summed E-state index contributed by atoms with van der Waals surface area (Å²) < 4.78 is 14.4. The average molecular weight is 285 g/mol. The first-order valence-electron chi connectivity index (χ1n) is 6.06. The minimum absolute atomic E-state index is 0.0357. The fraction of sp³-hybridized carbons (Fsp3) is 0.615. The molecule has 0 aliphatic carbocycles. The Kier molecular flexibility index (Phi) is 4.75. The molecule has 1 amide bonds. The van der Waals surface area contributed by atoms with E-state index in [4.69, 9.17) is 4.74 Å². The minimum Gasteiger partial charge on any atom is -0.466 e. The van der Waals surface area contributed by atoms with Crippen LogP contribution in [0.4, 0.5) is 4.79 Å². The zero-order valence-electron chi connectivity index (χ0n) is 12.3. The molecule has 0 saturated carbocycles. The van der Waals surface area contributed by atoms with Crippen molar-refractivity contribution in [1.82, 2.24) is 4.90 Å². The topological polar surface area (TPSA) is 82.1 Å². The highest BCUT2D eigenvalue weighted by molar-refractivity contribution is 6.02. The molecule has 0 N–H and O–H groups in total. The van der Waals surface area contributed by atoms with Crippen LogP contribution in [-0.4, -0.2) is 55.8 Å². The van der Waals surface area contributed by atoms with Crippen LogP contribution in [-0.2, 0) is 23.8 Å². The average Bonchev–Trinajstić information content (AvgIpc) is 2.80. The fourth-order valence-corrected chi connectivity index (χ4v) is 1.71. The Morgan fingerprint density at radius 3 is 1.65 bits per heavy atom. The molecule has 0 saturated heterocycles.